The van der Waals surface area contributed by atoms with E-state index < -0.39 is 0 Å². The van der Waals surface area contributed by atoms with E-state index in [1.165, 1.54) is 0 Å². The summed E-state index contributed by atoms with van der Waals surface area (Å²) in [5, 5.41) is 0. The van der Waals surface area contributed by atoms with Gasteiger partial charge in [-0.1, -0.05) is 0 Å². The van der Waals surface area contributed by atoms with Crippen LogP contribution in [0.1, 0.15) is 0 Å². The van der Waals surface area contributed by atoms with Gasteiger partial charge in [0.25, 0.3) is 0 Å². The molecule has 5 heavy (non-hydrogen) atoms. The summed E-state index contributed by atoms with van der Waals surface area (Å²) in [6.45, 7) is 0. The topological polar surface area (TPSA) is 0 Å². The Balaban J connectivity index is 2.19. The van der Waals surface area contributed by atoms with E-state index in [-0.39, 0.29) is 0 Å². The highest BCUT2D eigenvalue weighted by Gasteiger charge is 1.73. The minimum Gasteiger partial charge on any atom is 0 e. The summed E-state index contributed by atoms with van der Waals surface area (Å²) in [5.74, 6) is 0. The zero-order valence-corrected chi connectivity index (χ0v) is 7.50. The first-order chi connectivity index (χ1) is 2.41. The van der Waals surface area contributed by atoms with E-state index in [1.807, 2.05) is 0 Å². The van der Waals surface area contributed by atoms with Crippen LogP contribution >= 0.6 is 0 Å². The molecule has 0 aliphatic carbocycles. The summed E-state index contributed by atoms with van der Waals surface area (Å²) in [5.41, 5.74) is 0. The zero-order chi connectivity index (χ0) is 4.12. The van der Waals surface area contributed by atoms with Gasteiger partial charge in [0.1, 0.15) is 0 Å². The fourth-order valence-corrected chi connectivity index (χ4v) is 7.59. The number of hydrogen-bond donors (Lipinski definition) is 0. The third-order valence-corrected chi connectivity index (χ3v) is 10.1. The van der Waals surface area contributed by atoms with Crippen LogP contribution in [0, 0.1) is 0 Å². The molecule has 0 aromatic heterocycles. The molecule has 0 nitrogen and oxygen atoms in total. The standard InChI is InChI=1S/Si5/c1-3-5-4-2. The van der Waals surface area contributed by atoms with Crippen molar-refractivity contribution in [2.24, 2.45) is 0 Å². The number of hydrogen-bond acceptors (Lipinski definition) is 0. The number of rotatable bonds is 2. The molecule has 0 aliphatic heterocycles. The Morgan fingerprint density at radius 2 is 1.40 bits per heavy atom. The predicted molar refractivity (Wildman–Crippen MR) is 28.8 cm³/mol. The molecular formula is Si5. The van der Waals surface area contributed by atoms with Gasteiger partial charge >= 0.3 is 0 Å². The molecule has 0 amide bonds. The van der Waals surface area contributed by atoms with E-state index in [1.54, 1.807) is 0 Å². The second kappa shape index (κ2) is 5.08. The van der Waals surface area contributed by atoms with Crippen LogP contribution in [0.3, 0.4) is 0 Å². The summed E-state index contributed by atoms with van der Waals surface area (Å²) in [4.78, 5) is 0. The molecule has 0 aliphatic rings. The molecule has 0 unspecified atom stereocenters. The van der Waals surface area contributed by atoms with Gasteiger partial charge in [-0.25, -0.2) is 0 Å². The highest BCUT2D eigenvalue weighted by atomic mass is 29.8. The van der Waals surface area contributed by atoms with E-state index in [0.717, 1.165) is 25.7 Å². The minimum atomic E-state index is 0.955. The van der Waals surface area contributed by atoms with Gasteiger partial charge in [0.15, 0.2) is 0 Å². The van der Waals surface area contributed by atoms with Crippen molar-refractivity contribution in [2.75, 3.05) is 0 Å². The molecular weight excluding hydrogens is 140 g/mol. The van der Waals surface area contributed by atoms with Crippen LogP contribution in [-0.4, -0.2) is 45.2 Å². The van der Waals surface area contributed by atoms with Gasteiger partial charge in [-0.2, -0.15) is 0 Å². The largest absolute Gasteiger partial charge is 0 e. The Morgan fingerprint density at radius 3 is 1.40 bits per heavy atom. The third kappa shape index (κ3) is 5.08. The molecule has 20 valence electrons. The Morgan fingerprint density at radius 1 is 1.00 bits per heavy atom. The van der Waals surface area contributed by atoms with Crippen LogP contribution in [0.5, 0.6) is 0 Å². The summed E-state index contributed by atoms with van der Waals surface area (Å²) in [6, 6.07) is 0. The lowest BCUT2D eigenvalue weighted by atomic mass is 26.4. The van der Waals surface area contributed by atoms with Crippen LogP contribution in [-0.2, 0) is 0 Å². The molecule has 0 rings (SSSR count). The molecule has 0 aromatic rings. The highest BCUT2D eigenvalue weighted by molar-refractivity contribution is 7.49. The van der Waals surface area contributed by atoms with Crippen LogP contribution in [0.2, 0.25) is 0 Å². The van der Waals surface area contributed by atoms with Crippen molar-refractivity contribution in [3.8, 4) is 0 Å². The van der Waals surface area contributed by atoms with Crippen molar-refractivity contribution in [1.29, 1.82) is 0 Å². The van der Waals surface area contributed by atoms with Gasteiger partial charge < -0.3 is 0 Å². The van der Waals surface area contributed by atoms with E-state index >= 15 is 0 Å². The quantitative estimate of drug-likeness (QED) is 0.393. The van der Waals surface area contributed by atoms with Gasteiger partial charge in [-0.05, 0) is 0 Å². The fourth-order valence-electron chi connectivity index (χ4n) is 0.0312. The Kier molecular flexibility index (Phi) is 6.19. The average Bonchev–Trinajstić information content (AvgIpc) is 1.41. The van der Waals surface area contributed by atoms with Gasteiger partial charge in [0, 0.05) is 45.2 Å². The van der Waals surface area contributed by atoms with Crippen molar-refractivity contribution in [2.45, 2.75) is 0 Å². The van der Waals surface area contributed by atoms with Crippen molar-refractivity contribution in [3.05, 3.63) is 0 Å². The monoisotopic (exact) mass is 140 g/mol. The second-order valence-electron chi connectivity index (χ2n) is 0.375. The van der Waals surface area contributed by atoms with E-state index in [2.05, 4.69) is 19.5 Å². The fraction of sp³-hybridized carbons (Fsp3) is 0. The Hall–Kier alpha value is 1.08. The summed E-state index contributed by atoms with van der Waals surface area (Å²) in [7, 11) is 9.72. The molecule has 0 N–H and O–H groups in total. The maximum atomic E-state index is 3.37. The van der Waals surface area contributed by atoms with Crippen LogP contribution in [0.4, 0.5) is 0 Å². The first-order valence-corrected chi connectivity index (χ1v) is 9.00. The summed E-state index contributed by atoms with van der Waals surface area (Å²) in [6.07, 6.45) is 0. The van der Waals surface area contributed by atoms with Crippen LogP contribution < -0.4 is 0 Å². The highest BCUT2D eigenvalue weighted by Crippen LogP contribution is 1.35. The van der Waals surface area contributed by atoms with Crippen molar-refractivity contribution >= 4 is 45.2 Å². The molecule has 5 heteroatoms. The molecule has 0 spiro atoms. The minimum absolute atomic E-state index is 0.955. The van der Waals surface area contributed by atoms with Crippen molar-refractivity contribution in [1.82, 2.24) is 0 Å². The van der Waals surface area contributed by atoms with Crippen LogP contribution in [0.25, 0.3) is 0 Å². The molecule has 0 heterocycles. The van der Waals surface area contributed by atoms with Crippen molar-refractivity contribution < 1.29 is 0 Å². The predicted octanol–water partition coefficient (Wildman–Crippen LogP) is -1.90. The lowest BCUT2D eigenvalue weighted by molar-refractivity contribution is 4.02. The molecule has 0 saturated heterocycles. The lowest BCUT2D eigenvalue weighted by Crippen LogP contribution is -2.11. The van der Waals surface area contributed by atoms with Gasteiger partial charge in [-0.15, -0.1) is 0 Å². The Labute approximate surface area is 45.6 Å². The van der Waals surface area contributed by atoms with Crippen molar-refractivity contribution in [3.63, 3.8) is 0 Å². The summed E-state index contributed by atoms with van der Waals surface area (Å²) >= 11 is 0. The molecule has 12 radical (unpaired) electrons. The molecule has 0 saturated carbocycles. The second-order valence-corrected chi connectivity index (χ2v) is 10.1. The normalized spacial score (nSPS) is 8.40. The van der Waals surface area contributed by atoms with E-state index in [0.29, 0.717) is 0 Å². The molecule has 0 bridgehead atoms. The van der Waals surface area contributed by atoms with Gasteiger partial charge in [-0.3, -0.25) is 0 Å². The SMILES string of the molecule is [Si][Si][Si][Si][Si]. The Bertz CT molecular complexity index is 7.51. The molecule has 0 aromatic carbocycles. The average molecular weight is 140 g/mol. The van der Waals surface area contributed by atoms with E-state index in [9.17, 15) is 0 Å². The third-order valence-electron chi connectivity index (χ3n) is 0.125. The molecule has 0 fully saturated rings. The lowest BCUT2D eigenvalue weighted by Gasteiger charge is -1.73. The first-order valence-electron chi connectivity index (χ1n) is 1.00. The first kappa shape index (κ1) is 6.08. The van der Waals surface area contributed by atoms with E-state index in [4.69, 9.17) is 0 Å². The smallest absolute Gasteiger partial charge is 0 e. The maximum absolute atomic E-state index is 3.37. The summed E-state index contributed by atoms with van der Waals surface area (Å²) < 4.78 is 0. The van der Waals surface area contributed by atoms with Gasteiger partial charge in [0.2, 0.25) is 0 Å². The maximum Gasteiger partial charge on any atom is 0 e. The molecule has 0 atom stereocenters. The zero-order valence-electron chi connectivity index (χ0n) is 2.50. The van der Waals surface area contributed by atoms with Crippen LogP contribution in [0.15, 0.2) is 0 Å². The van der Waals surface area contributed by atoms with Gasteiger partial charge in [0.05, 0.1) is 0 Å².